The molecule has 1 aromatic heterocycles. The van der Waals surface area contributed by atoms with Gasteiger partial charge in [-0.15, -0.1) is 11.6 Å². The van der Waals surface area contributed by atoms with Gasteiger partial charge in [0.05, 0.1) is 11.4 Å². The van der Waals surface area contributed by atoms with Gasteiger partial charge < -0.3 is 4.90 Å². The third kappa shape index (κ3) is 2.56. The molecule has 0 aliphatic rings. The predicted octanol–water partition coefficient (Wildman–Crippen LogP) is 1.77. The zero-order chi connectivity index (χ0) is 9.84. The molecular formula is C9H14ClN3. The van der Waals surface area contributed by atoms with E-state index in [0.717, 1.165) is 23.8 Å². The van der Waals surface area contributed by atoms with Crippen LogP contribution in [-0.4, -0.2) is 29.4 Å². The van der Waals surface area contributed by atoms with Crippen LogP contribution in [0.15, 0.2) is 6.20 Å². The molecule has 0 atom stereocenters. The van der Waals surface area contributed by atoms with Crippen LogP contribution in [0.25, 0.3) is 0 Å². The Hall–Kier alpha value is -0.830. The van der Waals surface area contributed by atoms with Crippen molar-refractivity contribution in [3.8, 4) is 0 Å². The van der Waals surface area contributed by atoms with Crippen LogP contribution in [0.1, 0.15) is 11.4 Å². The van der Waals surface area contributed by atoms with Crippen LogP contribution in [0.5, 0.6) is 0 Å². The van der Waals surface area contributed by atoms with Crippen molar-refractivity contribution in [2.75, 3.05) is 24.4 Å². The molecule has 0 saturated carbocycles. The molecule has 0 spiro atoms. The lowest BCUT2D eigenvalue weighted by molar-refractivity contribution is 0.904. The Morgan fingerprint density at radius 2 is 2.15 bits per heavy atom. The van der Waals surface area contributed by atoms with Gasteiger partial charge >= 0.3 is 0 Å². The van der Waals surface area contributed by atoms with E-state index in [0.29, 0.717) is 5.88 Å². The van der Waals surface area contributed by atoms with Gasteiger partial charge in [-0.25, -0.2) is 4.98 Å². The number of aromatic nitrogens is 2. The molecule has 4 heteroatoms. The quantitative estimate of drug-likeness (QED) is 0.695. The van der Waals surface area contributed by atoms with Crippen molar-refractivity contribution in [3.63, 3.8) is 0 Å². The highest BCUT2D eigenvalue weighted by atomic mass is 35.5. The summed E-state index contributed by atoms with van der Waals surface area (Å²) in [7, 11) is 1.97. The Morgan fingerprint density at radius 3 is 2.77 bits per heavy atom. The van der Waals surface area contributed by atoms with Gasteiger partial charge in [-0.1, -0.05) is 0 Å². The highest BCUT2D eigenvalue weighted by Gasteiger charge is 2.06. The summed E-state index contributed by atoms with van der Waals surface area (Å²) in [5.41, 5.74) is 1.88. The highest BCUT2D eigenvalue weighted by molar-refractivity contribution is 6.18. The van der Waals surface area contributed by atoms with Crippen molar-refractivity contribution in [2.24, 2.45) is 0 Å². The monoisotopic (exact) mass is 199 g/mol. The molecule has 0 aliphatic heterocycles. The summed E-state index contributed by atoms with van der Waals surface area (Å²) in [6.45, 7) is 4.68. The highest BCUT2D eigenvalue weighted by Crippen LogP contribution is 2.12. The van der Waals surface area contributed by atoms with E-state index < -0.39 is 0 Å². The zero-order valence-electron chi connectivity index (χ0n) is 8.21. The predicted molar refractivity (Wildman–Crippen MR) is 55.5 cm³/mol. The summed E-state index contributed by atoms with van der Waals surface area (Å²) in [5, 5.41) is 0. The summed E-state index contributed by atoms with van der Waals surface area (Å²) < 4.78 is 0. The maximum atomic E-state index is 5.65. The zero-order valence-corrected chi connectivity index (χ0v) is 8.97. The van der Waals surface area contributed by atoms with Crippen molar-refractivity contribution in [3.05, 3.63) is 17.6 Å². The average molecular weight is 200 g/mol. The maximum absolute atomic E-state index is 5.65. The first-order valence-electron chi connectivity index (χ1n) is 4.22. The smallest absolute Gasteiger partial charge is 0.150 e. The molecule has 0 fully saturated rings. The summed E-state index contributed by atoms with van der Waals surface area (Å²) >= 11 is 5.65. The van der Waals surface area contributed by atoms with Gasteiger partial charge in [0.25, 0.3) is 0 Å². The van der Waals surface area contributed by atoms with E-state index in [4.69, 9.17) is 11.6 Å². The normalized spacial score (nSPS) is 10.2. The molecule has 3 nitrogen and oxygen atoms in total. The van der Waals surface area contributed by atoms with Crippen LogP contribution >= 0.6 is 11.6 Å². The lowest BCUT2D eigenvalue weighted by atomic mass is 10.4. The Labute approximate surface area is 83.8 Å². The Morgan fingerprint density at radius 1 is 1.46 bits per heavy atom. The van der Waals surface area contributed by atoms with E-state index in [9.17, 15) is 0 Å². The Bertz CT molecular complexity index is 288. The van der Waals surface area contributed by atoms with Gasteiger partial charge in [0.1, 0.15) is 5.82 Å². The average Bonchev–Trinajstić information content (AvgIpc) is 2.09. The van der Waals surface area contributed by atoms with Gasteiger partial charge in [-0.05, 0) is 13.8 Å². The molecular weight excluding hydrogens is 186 g/mol. The fourth-order valence-corrected chi connectivity index (χ4v) is 1.37. The Balaban J connectivity index is 2.91. The van der Waals surface area contributed by atoms with Crippen molar-refractivity contribution in [2.45, 2.75) is 13.8 Å². The van der Waals surface area contributed by atoms with E-state index in [-0.39, 0.29) is 0 Å². The molecule has 0 bridgehead atoms. The first-order valence-corrected chi connectivity index (χ1v) is 4.76. The minimum atomic E-state index is 0.603. The largest absolute Gasteiger partial charge is 0.357 e. The second-order valence-corrected chi connectivity index (χ2v) is 3.41. The van der Waals surface area contributed by atoms with E-state index in [1.165, 1.54) is 0 Å². The first kappa shape index (κ1) is 10.3. The Kier molecular flexibility index (Phi) is 3.48. The van der Waals surface area contributed by atoms with Crippen LogP contribution in [0.3, 0.4) is 0 Å². The third-order valence-electron chi connectivity index (χ3n) is 1.83. The fraction of sp³-hybridized carbons (Fsp3) is 0.556. The van der Waals surface area contributed by atoms with Crippen molar-refractivity contribution >= 4 is 17.4 Å². The second kappa shape index (κ2) is 4.42. The minimum Gasteiger partial charge on any atom is -0.357 e. The second-order valence-electron chi connectivity index (χ2n) is 3.03. The lowest BCUT2D eigenvalue weighted by Gasteiger charge is -2.18. The summed E-state index contributed by atoms with van der Waals surface area (Å²) in [4.78, 5) is 10.6. The van der Waals surface area contributed by atoms with Gasteiger partial charge in [0.2, 0.25) is 0 Å². The van der Waals surface area contributed by atoms with Crippen molar-refractivity contribution in [1.29, 1.82) is 0 Å². The molecule has 72 valence electrons. The van der Waals surface area contributed by atoms with Crippen LogP contribution in [0, 0.1) is 13.8 Å². The van der Waals surface area contributed by atoms with Gasteiger partial charge in [0.15, 0.2) is 0 Å². The number of hydrogen-bond acceptors (Lipinski definition) is 3. The summed E-state index contributed by atoms with van der Waals surface area (Å²) in [6.07, 6.45) is 1.77. The number of alkyl halides is 1. The molecule has 0 N–H and O–H groups in total. The van der Waals surface area contributed by atoms with Crippen molar-refractivity contribution < 1.29 is 0 Å². The van der Waals surface area contributed by atoms with Crippen molar-refractivity contribution in [1.82, 2.24) is 9.97 Å². The summed E-state index contributed by atoms with van der Waals surface area (Å²) in [5.74, 6) is 1.52. The van der Waals surface area contributed by atoms with Gasteiger partial charge in [-0.3, -0.25) is 4.98 Å². The lowest BCUT2D eigenvalue weighted by Crippen LogP contribution is -2.22. The number of nitrogens with zero attached hydrogens (tertiary/aromatic N) is 3. The molecule has 0 aromatic carbocycles. The van der Waals surface area contributed by atoms with E-state index in [2.05, 4.69) is 9.97 Å². The molecule has 0 radical (unpaired) electrons. The molecule has 13 heavy (non-hydrogen) atoms. The maximum Gasteiger partial charge on any atom is 0.150 e. The van der Waals surface area contributed by atoms with Gasteiger partial charge in [0, 0.05) is 25.7 Å². The molecule has 0 saturated heterocycles. The molecule has 0 aliphatic carbocycles. The molecule has 1 rings (SSSR count). The first-order chi connectivity index (χ1) is 6.15. The number of anilines is 1. The van der Waals surface area contributed by atoms with E-state index >= 15 is 0 Å². The van der Waals surface area contributed by atoms with Crippen LogP contribution in [0.4, 0.5) is 5.82 Å². The number of aryl methyl sites for hydroxylation is 2. The molecule has 1 aromatic rings. The van der Waals surface area contributed by atoms with Crippen LogP contribution < -0.4 is 4.90 Å². The standard InChI is InChI=1S/C9H14ClN3/c1-7-6-11-8(2)9(12-7)13(3)5-4-10/h6H,4-5H2,1-3H3. The minimum absolute atomic E-state index is 0.603. The molecule has 0 unspecified atom stereocenters. The topological polar surface area (TPSA) is 29.0 Å². The molecule has 0 amide bonds. The summed E-state index contributed by atoms with van der Waals surface area (Å²) in [6, 6.07) is 0. The fourth-order valence-electron chi connectivity index (χ4n) is 1.12. The van der Waals surface area contributed by atoms with Crippen LogP contribution in [-0.2, 0) is 0 Å². The van der Waals surface area contributed by atoms with Crippen LogP contribution in [0.2, 0.25) is 0 Å². The molecule has 1 heterocycles. The third-order valence-corrected chi connectivity index (χ3v) is 2.00. The van der Waals surface area contributed by atoms with E-state index in [1.807, 2.05) is 25.8 Å². The van der Waals surface area contributed by atoms with Gasteiger partial charge in [-0.2, -0.15) is 0 Å². The SMILES string of the molecule is Cc1cnc(C)c(N(C)CCCl)n1. The van der Waals surface area contributed by atoms with E-state index in [1.54, 1.807) is 6.20 Å². The number of halogens is 1. The number of rotatable bonds is 3. The number of hydrogen-bond donors (Lipinski definition) is 0.